The summed E-state index contributed by atoms with van der Waals surface area (Å²) in [5.74, 6) is -0.976. The highest BCUT2D eigenvalue weighted by atomic mass is 16.5. The van der Waals surface area contributed by atoms with Crippen LogP contribution in [0.1, 0.15) is 25.0 Å². The Balaban J connectivity index is 2.66. The van der Waals surface area contributed by atoms with Gasteiger partial charge in [-0.1, -0.05) is 30.3 Å². The van der Waals surface area contributed by atoms with Crippen molar-refractivity contribution in [3.63, 3.8) is 0 Å². The normalized spacial score (nSPS) is 11.6. The number of ketones is 1. The number of Topliss-reactive ketones (excluding diaryl/α,β-unsaturated/α-hetero) is 1. The predicted octanol–water partition coefficient (Wildman–Crippen LogP) is 1.45. The van der Waals surface area contributed by atoms with E-state index in [2.05, 4.69) is 0 Å². The summed E-state index contributed by atoms with van der Waals surface area (Å²) in [5, 5.41) is 0. The fourth-order valence-corrected chi connectivity index (χ4v) is 1.20. The van der Waals surface area contributed by atoms with E-state index < -0.39 is 12.1 Å². The first-order chi connectivity index (χ1) is 7.63. The number of benzene rings is 1. The van der Waals surface area contributed by atoms with Gasteiger partial charge in [-0.3, -0.25) is 14.4 Å². The molecule has 0 aliphatic heterocycles. The lowest BCUT2D eigenvalue weighted by molar-refractivity contribution is -0.153. The molecule has 0 spiro atoms. The third-order valence-corrected chi connectivity index (χ3v) is 1.90. The number of rotatable bonds is 5. The summed E-state index contributed by atoms with van der Waals surface area (Å²) in [6.45, 7) is 1.29. The molecule has 0 N–H and O–H groups in total. The Hall–Kier alpha value is -1.97. The first-order valence-corrected chi connectivity index (χ1v) is 4.82. The summed E-state index contributed by atoms with van der Waals surface area (Å²) in [7, 11) is 0. The summed E-state index contributed by atoms with van der Waals surface area (Å²) in [6, 6.07) is 8.64. The molecule has 1 unspecified atom stereocenters. The lowest BCUT2D eigenvalue weighted by atomic mass is 10.1. The topological polar surface area (TPSA) is 60.4 Å². The zero-order valence-electron chi connectivity index (χ0n) is 8.88. The number of ether oxygens (including phenoxy) is 1. The van der Waals surface area contributed by atoms with Gasteiger partial charge >= 0.3 is 5.97 Å². The van der Waals surface area contributed by atoms with Gasteiger partial charge in [0, 0.05) is 0 Å². The number of hydrogen-bond acceptors (Lipinski definition) is 4. The molecule has 0 heterocycles. The van der Waals surface area contributed by atoms with Crippen LogP contribution in [0.25, 0.3) is 0 Å². The third-order valence-electron chi connectivity index (χ3n) is 1.90. The minimum absolute atomic E-state index is 0.289. The van der Waals surface area contributed by atoms with Gasteiger partial charge in [-0.05, 0) is 12.5 Å². The van der Waals surface area contributed by atoms with E-state index in [9.17, 15) is 14.4 Å². The number of carbonyl (C=O) groups is 3. The summed E-state index contributed by atoms with van der Waals surface area (Å²) >= 11 is 0. The van der Waals surface area contributed by atoms with Gasteiger partial charge in [0.05, 0.1) is 0 Å². The molecule has 0 aliphatic carbocycles. The lowest BCUT2D eigenvalue weighted by Gasteiger charge is -2.11. The van der Waals surface area contributed by atoms with Gasteiger partial charge in [0.15, 0.2) is 12.4 Å². The van der Waals surface area contributed by atoms with E-state index in [4.69, 9.17) is 4.74 Å². The number of carbonyl (C=O) groups excluding carboxylic acids is 3. The van der Waals surface area contributed by atoms with Crippen molar-refractivity contribution >= 4 is 18.0 Å². The highest BCUT2D eigenvalue weighted by Gasteiger charge is 2.16. The van der Waals surface area contributed by atoms with E-state index in [0.29, 0.717) is 11.8 Å². The Morgan fingerprint density at radius 1 is 1.31 bits per heavy atom. The molecule has 0 saturated heterocycles. The molecule has 0 radical (unpaired) electrons. The van der Waals surface area contributed by atoms with E-state index in [1.54, 1.807) is 30.3 Å². The maximum Gasteiger partial charge on any atom is 0.314 e. The molecule has 1 aromatic rings. The van der Waals surface area contributed by atoms with Crippen LogP contribution in [0.4, 0.5) is 0 Å². The molecule has 4 nitrogen and oxygen atoms in total. The van der Waals surface area contributed by atoms with Crippen LogP contribution >= 0.6 is 0 Å². The molecule has 0 bridgehead atoms. The van der Waals surface area contributed by atoms with E-state index >= 15 is 0 Å². The molecule has 1 aromatic carbocycles. The number of aldehydes is 1. The van der Waals surface area contributed by atoms with Gasteiger partial charge in [0.25, 0.3) is 0 Å². The van der Waals surface area contributed by atoms with Gasteiger partial charge in [0.1, 0.15) is 12.2 Å². The molecule has 0 saturated carbocycles. The smallest absolute Gasteiger partial charge is 0.314 e. The Labute approximate surface area is 93.2 Å². The first-order valence-electron chi connectivity index (χ1n) is 4.82. The second-order valence-corrected chi connectivity index (χ2v) is 3.34. The van der Waals surface area contributed by atoms with Crippen LogP contribution in [0.5, 0.6) is 0 Å². The summed E-state index contributed by atoms with van der Waals surface area (Å²) in [4.78, 5) is 32.6. The van der Waals surface area contributed by atoms with E-state index in [-0.39, 0.29) is 12.2 Å². The van der Waals surface area contributed by atoms with Crippen molar-refractivity contribution in [3.05, 3.63) is 35.9 Å². The van der Waals surface area contributed by atoms with E-state index in [1.807, 2.05) is 0 Å². The average Bonchev–Trinajstić information content (AvgIpc) is 2.26. The quantitative estimate of drug-likeness (QED) is 0.428. The molecule has 4 heteroatoms. The van der Waals surface area contributed by atoms with E-state index in [1.165, 1.54) is 6.92 Å². The lowest BCUT2D eigenvalue weighted by Crippen LogP contribution is -2.14. The Morgan fingerprint density at radius 2 is 1.94 bits per heavy atom. The van der Waals surface area contributed by atoms with E-state index in [0.717, 1.165) is 0 Å². The van der Waals surface area contributed by atoms with Crippen molar-refractivity contribution in [3.8, 4) is 0 Å². The average molecular weight is 220 g/mol. The largest absolute Gasteiger partial charge is 0.449 e. The maximum absolute atomic E-state index is 11.2. The summed E-state index contributed by atoms with van der Waals surface area (Å²) < 4.78 is 4.87. The fraction of sp³-hybridized carbons (Fsp3) is 0.250. The molecule has 0 fully saturated rings. The molecule has 1 rings (SSSR count). The summed E-state index contributed by atoms with van der Waals surface area (Å²) in [5.41, 5.74) is 0.592. The molecule has 0 amide bonds. The zero-order valence-corrected chi connectivity index (χ0v) is 8.88. The zero-order chi connectivity index (χ0) is 12.0. The standard InChI is InChI=1S/C12H12O4/c1-9(14)7-12(15)16-11(8-13)10-5-3-2-4-6-10/h2-6,8,11H,7H2,1H3. The van der Waals surface area contributed by atoms with Crippen molar-refractivity contribution in [1.82, 2.24) is 0 Å². The fourth-order valence-electron chi connectivity index (χ4n) is 1.20. The Morgan fingerprint density at radius 3 is 2.44 bits per heavy atom. The van der Waals surface area contributed by atoms with Gasteiger partial charge in [0.2, 0.25) is 0 Å². The van der Waals surface area contributed by atoms with Crippen molar-refractivity contribution in [2.45, 2.75) is 19.4 Å². The highest BCUT2D eigenvalue weighted by molar-refractivity contribution is 5.94. The van der Waals surface area contributed by atoms with Crippen LogP contribution in [0.3, 0.4) is 0 Å². The molecular formula is C12H12O4. The maximum atomic E-state index is 11.2. The SMILES string of the molecule is CC(=O)CC(=O)OC(C=O)c1ccccc1. The second-order valence-electron chi connectivity index (χ2n) is 3.34. The molecule has 0 aliphatic rings. The minimum Gasteiger partial charge on any atom is -0.449 e. The number of esters is 1. The predicted molar refractivity (Wildman–Crippen MR) is 56.6 cm³/mol. The number of hydrogen-bond donors (Lipinski definition) is 0. The minimum atomic E-state index is -0.937. The first kappa shape index (κ1) is 12.1. The molecular weight excluding hydrogens is 208 g/mol. The van der Waals surface area contributed by atoms with Crippen molar-refractivity contribution < 1.29 is 19.1 Å². The van der Waals surface area contributed by atoms with Crippen LogP contribution in [0.2, 0.25) is 0 Å². The highest BCUT2D eigenvalue weighted by Crippen LogP contribution is 2.15. The van der Waals surface area contributed by atoms with Gasteiger partial charge in [-0.25, -0.2) is 0 Å². The molecule has 84 valence electrons. The Bertz CT molecular complexity index is 383. The van der Waals surface area contributed by atoms with Crippen LogP contribution in [0.15, 0.2) is 30.3 Å². The van der Waals surface area contributed by atoms with Gasteiger partial charge in [-0.15, -0.1) is 0 Å². The van der Waals surface area contributed by atoms with Crippen molar-refractivity contribution in [2.24, 2.45) is 0 Å². The second kappa shape index (κ2) is 5.80. The van der Waals surface area contributed by atoms with Gasteiger partial charge < -0.3 is 4.74 Å². The monoisotopic (exact) mass is 220 g/mol. The van der Waals surface area contributed by atoms with Crippen LogP contribution in [-0.4, -0.2) is 18.0 Å². The van der Waals surface area contributed by atoms with Crippen LogP contribution in [-0.2, 0) is 19.1 Å². The molecule has 16 heavy (non-hydrogen) atoms. The van der Waals surface area contributed by atoms with Crippen LogP contribution in [0, 0.1) is 0 Å². The Kier molecular flexibility index (Phi) is 4.39. The summed E-state index contributed by atoms with van der Waals surface area (Å²) in [6.07, 6.45) is -0.710. The third kappa shape index (κ3) is 3.65. The van der Waals surface area contributed by atoms with Crippen LogP contribution < -0.4 is 0 Å². The molecule has 0 aromatic heterocycles. The van der Waals surface area contributed by atoms with Crippen molar-refractivity contribution in [2.75, 3.05) is 0 Å². The van der Waals surface area contributed by atoms with Crippen molar-refractivity contribution in [1.29, 1.82) is 0 Å². The van der Waals surface area contributed by atoms with Gasteiger partial charge in [-0.2, -0.15) is 0 Å². The molecule has 1 atom stereocenters.